The SMILES string of the molecule is CC(NC(=O)NCCCCl)Oc1ccc(Cl)cc1. The predicted octanol–water partition coefficient (Wildman–Crippen LogP) is 2.99. The lowest BCUT2D eigenvalue weighted by Crippen LogP contribution is -2.43. The summed E-state index contributed by atoms with van der Waals surface area (Å²) >= 11 is 11.3. The molecule has 0 saturated carbocycles. The third kappa shape index (κ3) is 5.98. The first-order valence-electron chi connectivity index (χ1n) is 5.64. The van der Waals surface area contributed by atoms with E-state index in [1.54, 1.807) is 31.2 Å². The van der Waals surface area contributed by atoms with Gasteiger partial charge in [-0.2, -0.15) is 0 Å². The van der Waals surface area contributed by atoms with Gasteiger partial charge in [-0.15, -0.1) is 11.6 Å². The van der Waals surface area contributed by atoms with Gasteiger partial charge in [-0.1, -0.05) is 11.6 Å². The molecular formula is C12H16Cl2N2O2. The van der Waals surface area contributed by atoms with Crippen molar-refractivity contribution in [2.24, 2.45) is 0 Å². The largest absolute Gasteiger partial charge is 0.471 e. The highest BCUT2D eigenvalue weighted by Gasteiger charge is 2.07. The Morgan fingerprint density at radius 2 is 2.06 bits per heavy atom. The molecule has 18 heavy (non-hydrogen) atoms. The van der Waals surface area contributed by atoms with Gasteiger partial charge in [0, 0.05) is 17.4 Å². The number of urea groups is 1. The number of halogens is 2. The van der Waals surface area contributed by atoms with Gasteiger partial charge in [0.1, 0.15) is 5.75 Å². The minimum atomic E-state index is -0.429. The number of amides is 2. The van der Waals surface area contributed by atoms with Crippen molar-refractivity contribution < 1.29 is 9.53 Å². The molecule has 0 aliphatic heterocycles. The van der Waals surface area contributed by atoms with E-state index in [9.17, 15) is 4.79 Å². The van der Waals surface area contributed by atoms with Crippen LogP contribution in [0.2, 0.25) is 5.02 Å². The summed E-state index contributed by atoms with van der Waals surface area (Å²) in [6, 6.07) is 6.66. The Bertz CT molecular complexity index is 371. The second kappa shape index (κ2) is 8.06. The van der Waals surface area contributed by atoms with Gasteiger partial charge in [0.05, 0.1) is 0 Å². The minimum absolute atomic E-state index is 0.276. The number of alkyl halides is 1. The van der Waals surface area contributed by atoms with Gasteiger partial charge < -0.3 is 15.4 Å². The van der Waals surface area contributed by atoms with Gasteiger partial charge in [-0.3, -0.25) is 0 Å². The van der Waals surface area contributed by atoms with Gasteiger partial charge in [0.2, 0.25) is 0 Å². The van der Waals surface area contributed by atoms with Crippen molar-refractivity contribution in [2.45, 2.75) is 19.6 Å². The van der Waals surface area contributed by atoms with Crippen molar-refractivity contribution in [2.75, 3.05) is 12.4 Å². The van der Waals surface area contributed by atoms with Crippen molar-refractivity contribution >= 4 is 29.2 Å². The van der Waals surface area contributed by atoms with Crippen LogP contribution in [0.25, 0.3) is 0 Å². The Balaban J connectivity index is 2.30. The highest BCUT2D eigenvalue weighted by molar-refractivity contribution is 6.30. The fraction of sp³-hybridized carbons (Fsp3) is 0.417. The average molecular weight is 291 g/mol. The normalized spacial score (nSPS) is 11.7. The molecule has 0 aromatic heterocycles. The lowest BCUT2D eigenvalue weighted by molar-refractivity contribution is 0.177. The molecular weight excluding hydrogens is 275 g/mol. The molecule has 2 N–H and O–H groups in total. The maximum atomic E-state index is 11.4. The number of rotatable bonds is 6. The van der Waals surface area contributed by atoms with E-state index in [4.69, 9.17) is 27.9 Å². The van der Waals surface area contributed by atoms with Crippen LogP contribution in [-0.2, 0) is 0 Å². The van der Waals surface area contributed by atoms with E-state index in [0.717, 1.165) is 6.42 Å². The van der Waals surface area contributed by atoms with Gasteiger partial charge in [0.25, 0.3) is 0 Å². The Kier molecular flexibility index (Phi) is 6.68. The molecule has 1 aromatic rings. The molecule has 0 saturated heterocycles. The number of hydrogen-bond acceptors (Lipinski definition) is 2. The van der Waals surface area contributed by atoms with Gasteiger partial charge in [0.15, 0.2) is 6.23 Å². The van der Waals surface area contributed by atoms with Crippen LogP contribution in [0.3, 0.4) is 0 Å². The number of benzene rings is 1. The average Bonchev–Trinajstić information content (AvgIpc) is 2.32. The van der Waals surface area contributed by atoms with Gasteiger partial charge in [-0.05, 0) is 37.6 Å². The third-order valence-electron chi connectivity index (χ3n) is 2.06. The van der Waals surface area contributed by atoms with Crippen molar-refractivity contribution in [1.29, 1.82) is 0 Å². The summed E-state index contributed by atoms with van der Waals surface area (Å²) in [4.78, 5) is 11.4. The Morgan fingerprint density at radius 3 is 2.67 bits per heavy atom. The Labute approximate surface area is 117 Å². The highest BCUT2D eigenvalue weighted by Crippen LogP contribution is 2.16. The van der Waals surface area contributed by atoms with Crippen LogP contribution in [0.1, 0.15) is 13.3 Å². The summed E-state index contributed by atoms with van der Waals surface area (Å²) in [5, 5.41) is 5.97. The first-order chi connectivity index (χ1) is 8.61. The zero-order chi connectivity index (χ0) is 13.4. The van der Waals surface area contributed by atoms with E-state index >= 15 is 0 Å². The second-order valence-electron chi connectivity index (χ2n) is 3.66. The zero-order valence-electron chi connectivity index (χ0n) is 10.1. The van der Waals surface area contributed by atoms with Crippen LogP contribution in [-0.4, -0.2) is 24.7 Å². The summed E-state index contributed by atoms with van der Waals surface area (Å²) in [6.45, 7) is 2.29. The molecule has 0 radical (unpaired) electrons. The molecule has 1 atom stereocenters. The molecule has 0 aliphatic rings. The third-order valence-corrected chi connectivity index (χ3v) is 2.58. The summed E-state index contributed by atoms with van der Waals surface area (Å²) in [5.74, 6) is 1.17. The lowest BCUT2D eigenvalue weighted by atomic mass is 10.3. The van der Waals surface area contributed by atoms with Crippen LogP contribution in [0.4, 0.5) is 4.79 Å². The second-order valence-corrected chi connectivity index (χ2v) is 4.47. The molecule has 0 spiro atoms. The number of hydrogen-bond donors (Lipinski definition) is 2. The van der Waals surface area contributed by atoms with Gasteiger partial charge in [-0.25, -0.2) is 4.79 Å². The quantitative estimate of drug-likeness (QED) is 0.481. The summed E-state index contributed by atoms with van der Waals surface area (Å²) in [5.41, 5.74) is 0. The highest BCUT2D eigenvalue weighted by atomic mass is 35.5. The van der Waals surface area contributed by atoms with Gasteiger partial charge >= 0.3 is 6.03 Å². The van der Waals surface area contributed by atoms with Crippen molar-refractivity contribution in [3.8, 4) is 5.75 Å². The molecule has 2 amide bonds. The zero-order valence-corrected chi connectivity index (χ0v) is 11.6. The fourth-order valence-corrected chi connectivity index (χ4v) is 1.51. The standard InChI is InChI=1S/C12H16Cl2N2O2/c1-9(16-12(17)15-8-2-7-13)18-11-5-3-10(14)4-6-11/h3-6,9H,2,7-8H2,1H3,(H2,15,16,17). The van der Waals surface area contributed by atoms with E-state index in [1.807, 2.05) is 0 Å². The van der Waals surface area contributed by atoms with Crippen molar-refractivity contribution in [3.63, 3.8) is 0 Å². The molecule has 1 aromatic carbocycles. The van der Waals surface area contributed by atoms with E-state index in [0.29, 0.717) is 23.2 Å². The molecule has 100 valence electrons. The Hall–Kier alpha value is -1.13. The summed E-state index contributed by atoms with van der Waals surface area (Å²) in [6.07, 6.45) is 0.309. The van der Waals surface area contributed by atoms with Crippen LogP contribution in [0.15, 0.2) is 24.3 Å². The molecule has 4 nitrogen and oxygen atoms in total. The minimum Gasteiger partial charge on any atom is -0.471 e. The summed E-state index contributed by atoms with van der Waals surface area (Å²) in [7, 11) is 0. The molecule has 0 fully saturated rings. The fourth-order valence-electron chi connectivity index (χ4n) is 1.25. The van der Waals surface area contributed by atoms with Crippen LogP contribution < -0.4 is 15.4 Å². The topological polar surface area (TPSA) is 50.4 Å². The maximum Gasteiger partial charge on any atom is 0.317 e. The van der Waals surface area contributed by atoms with E-state index in [1.165, 1.54) is 0 Å². The van der Waals surface area contributed by atoms with Crippen molar-refractivity contribution in [3.05, 3.63) is 29.3 Å². The Morgan fingerprint density at radius 1 is 1.39 bits per heavy atom. The van der Waals surface area contributed by atoms with E-state index in [2.05, 4.69) is 10.6 Å². The van der Waals surface area contributed by atoms with E-state index < -0.39 is 6.23 Å². The maximum absolute atomic E-state index is 11.4. The van der Waals surface area contributed by atoms with Crippen molar-refractivity contribution in [1.82, 2.24) is 10.6 Å². The molecule has 1 unspecified atom stereocenters. The molecule has 1 rings (SSSR count). The number of nitrogens with one attached hydrogen (secondary N) is 2. The smallest absolute Gasteiger partial charge is 0.317 e. The van der Waals surface area contributed by atoms with E-state index in [-0.39, 0.29) is 6.03 Å². The number of carbonyl (C=O) groups excluding carboxylic acids is 1. The van der Waals surface area contributed by atoms with Crippen LogP contribution in [0.5, 0.6) is 5.75 Å². The molecule has 0 bridgehead atoms. The first-order valence-corrected chi connectivity index (χ1v) is 6.55. The number of ether oxygens (including phenoxy) is 1. The lowest BCUT2D eigenvalue weighted by Gasteiger charge is -2.16. The monoisotopic (exact) mass is 290 g/mol. The van der Waals surface area contributed by atoms with Crippen LogP contribution >= 0.6 is 23.2 Å². The molecule has 0 heterocycles. The number of carbonyl (C=O) groups is 1. The van der Waals surface area contributed by atoms with Crippen LogP contribution in [0, 0.1) is 0 Å². The first kappa shape index (κ1) is 14.9. The molecule has 0 aliphatic carbocycles. The molecule has 6 heteroatoms. The predicted molar refractivity (Wildman–Crippen MR) is 73.4 cm³/mol. The summed E-state index contributed by atoms with van der Waals surface area (Å²) < 4.78 is 5.49.